The molecule has 0 rings (SSSR count). The predicted octanol–water partition coefficient (Wildman–Crippen LogP) is 0.0566. The van der Waals surface area contributed by atoms with Crippen molar-refractivity contribution in [2.75, 3.05) is 14.2 Å². The van der Waals surface area contributed by atoms with E-state index in [0.717, 1.165) is 0 Å². The van der Waals surface area contributed by atoms with E-state index in [-0.39, 0.29) is 11.8 Å². The highest BCUT2D eigenvalue weighted by Gasteiger charge is 1.89. The van der Waals surface area contributed by atoms with Crippen LogP contribution in [0, 0.1) is 5.41 Å². The zero-order chi connectivity index (χ0) is 7.28. The number of hydrogen-bond donors (Lipinski definition) is 2. The molecule has 0 aromatic carbocycles. The Kier molecular flexibility index (Phi) is 3.27. The monoisotopic (exact) mass is 130 g/mol. The lowest BCUT2D eigenvalue weighted by Gasteiger charge is -1.97. The van der Waals surface area contributed by atoms with Gasteiger partial charge in [-0.05, 0) is 0 Å². The number of nitrogens with one attached hydrogen (secondary N) is 1. The molecule has 0 saturated heterocycles. The van der Waals surface area contributed by atoms with Crippen LogP contribution in [-0.2, 0) is 9.47 Å². The Hall–Kier alpha value is -1.19. The predicted molar refractivity (Wildman–Crippen MR) is 34.0 cm³/mol. The molecule has 52 valence electrons. The van der Waals surface area contributed by atoms with Gasteiger partial charge in [-0.1, -0.05) is 0 Å². The largest absolute Gasteiger partial charge is 0.483 e. The lowest BCUT2D eigenvalue weighted by Crippen LogP contribution is -2.04. The third-order valence-corrected chi connectivity index (χ3v) is 0.729. The van der Waals surface area contributed by atoms with Crippen molar-refractivity contribution in [3.8, 4) is 0 Å². The molecule has 4 nitrogen and oxygen atoms in total. The van der Waals surface area contributed by atoms with Gasteiger partial charge in [0.05, 0.1) is 20.3 Å². The highest BCUT2D eigenvalue weighted by atomic mass is 16.5. The van der Waals surface area contributed by atoms with Crippen molar-refractivity contribution >= 4 is 5.90 Å². The van der Waals surface area contributed by atoms with Gasteiger partial charge in [-0.15, -0.1) is 0 Å². The molecular formula is C5H10N2O2. The second-order valence-electron chi connectivity index (χ2n) is 1.32. The lowest BCUT2D eigenvalue weighted by molar-refractivity contribution is 0.286. The van der Waals surface area contributed by atoms with E-state index in [2.05, 4.69) is 9.47 Å². The van der Waals surface area contributed by atoms with Crippen molar-refractivity contribution < 1.29 is 9.47 Å². The van der Waals surface area contributed by atoms with Crippen LogP contribution in [-0.4, -0.2) is 20.1 Å². The van der Waals surface area contributed by atoms with Crippen molar-refractivity contribution in [3.63, 3.8) is 0 Å². The Labute approximate surface area is 53.8 Å². The number of rotatable bonds is 2. The summed E-state index contributed by atoms with van der Waals surface area (Å²) in [4.78, 5) is 0. The Balaban J connectivity index is 3.79. The summed E-state index contributed by atoms with van der Waals surface area (Å²) in [7, 11) is 2.82. The van der Waals surface area contributed by atoms with E-state index in [0.29, 0.717) is 0 Å². The Bertz CT molecular complexity index is 131. The molecule has 0 aliphatic heterocycles. The summed E-state index contributed by atoms with van der Waals surface area (Å²) in [5, 5.41) is 6.91. The molecule has 0 aromatic heterocycles. The first-order valence-corrected chi connectivity index (χ1v) is 2.34. The van der Waals surface area contributed by atoms with Gasteiger partial charge in [0, 0.05) is 0 Å². The van der Waals surface area contributed by atoms with Crippen molar-refractivity contribution in [1.82, 2.24) is 0 Å². The summed E-state index contributed by atoms with van der Waals surface area (Å²) >= 11 is 0. The number of hydrogen-bond acceptors (Lipinski definition) is 4. The molecule has 0 spiro atoms. The van der Waals surface area contributed by atoms with Gasteiger partial charge in [-0.2, -0.15) is 0 Å². The van der Waals surface area contributed by atoms with E-state index in [9.17, 15) is 0 Å². The van der Waals surface area contributed by atoms with E-state index >= 15 is 0 Å². The topological polar surface area (TPSA) is 68.3 Å². The molecule has 0 aliphatic rings. The van der Waals surface area contributed by atoms with Crippen LogP contribution in [0.4, 0.5) is 0 Å². The standard InChI is InChI=1S/C5H10N2O2/c1-8-4(6)3-5(7)9-2/h3,6H,7H2,1-2H3/b5-3-,6-4?. The molecule has 0 amide bonds. The fourth-order valence-electron chi connectivity index (χ4n) is 0.247. The van der Waals surface area contributed by atoms with Gasteiger partial charge < -0.3 is 15.2 Å². The summed E-state index contributed by atoms with van der Waals surface area (Å²) in [5.74, 6) is 0.149. The second-order valence-corrected chi connectivity index (χ2v) is 1.32. The minimum absolute atomic E-state index is 0.0191. The van der Waals surface area contributed by atoms with Crippen molar-refractivity contribution in [2.24, 2.45) is 5.73 Å². The van der Waals surface area contributed by atoms with Gasteiger partial charge in [-0.25, -0.2) is 0 Å². The van der Waals surface area contributed by atoms with E-state index in [4.69, 9.17) is 11.1 Å². The second kappa shape index (κ2) is 3.77. The van der Waals surface area contributed by atoms with Gasteiger partial charge >= 0.3 is 0 Å². The van der Waals surface area contributed by atoms with Crippen LogP contribution in [0.2, 0.25) is 0 Å². The fourth-order valence-corrected chi connectivity index (χ4v) is 0.247. The maximum Gasteiger partial charge on any atom is 0.210 e. The lowest BCUT2D eigenvalue weighted by atomic mass is 10.6. The normalized spacial score (nSPS) is 10.7. The fraction of sp³-hybridized carbons (Fsp3) is 0.400. The number of methoxy groups -OCH3 is 2. The minimum Gasteiger partial charge on any atom is -0.483 e. The molecule has 0 heterocycles. The first kappa shape index (κ1) is 7.81. The maximum atomic E-state index is 6.91. The molecule has 0 atom stereocenters. The molecule has 0 saturated carbocycles. The molecule has 0 aliphatic carbocycles. The third-order valence-electron chi connectivity index (χ3n) is 0.729. The molecule has 0 bridgehead atoms. The minimum atomic E-state index is -0.0191. The summed E-state index contributed by atoms with van der Waals surface area (Å²) < 4.78 is 9.01. The number of ether oxygens (including phenoxy) is 2. The first-order chi connectivity index (χ1) is 4.20. The molecule has 0 aromatic rings. The van der Waals surface area contributed by atoms with Crippen molar-refractivity contribution in [3.05, 3.63) is 12.0 Å². The van der Waals surface area contributed by atoms with Crippen LogP contribution in [0.15, 0.2) is 12.0 Å². The summed E-state index contributed by atoms with van der Waals surface area (Å²) in [5.41, 5.74) is 5.17. The molecule has 0 fully saturated rings. The van der Waals surface area contributed by atoms with Gasteiger partial charge in [0.25, 0.3) is 0 Å². The molecule has 0 unspecified atom stereocenters. The van der Waals surface area contributed by atoms with Crippen LogP contribution < -0.4 is 5.73 Å². The van der Waals surface area contributed by atoms with Crippen LogP contribution >= 0.6 is 0 Å². The number of nitrogens with two attached hydrogens (primary N) is 1. The first-order valence-electron chi connectivity index (χ1n) is 2.34. The average molecular weight is 130 g/mol. The third kappa shape index (κ3) is 3.40. The van der Waals surface area contributed by atoms with Gasteiger partial charge in [0.15, 0.2) is 5.88 Å². The van der Waals surface area contributed by atoms with Gasteiger partial charge in [0.2, 0.25) is 5.90 Å². The van der Waals surface area contributed by atoms with Crippen LogP contribution in [0.3, 0.4) is 0 Å². The van der Waals surface area contributed by atoms with Crippen molar-refractivity contribution in [1.29, 1.82) is 5.41 Å². The molecule has 3 N–H and O–H groups in total. The Morgan fingerprint density at radius 1 is 1.44 bits per heavy atom. The van der Waals surface area contributed by atoms with E-state index in [1.54, 1.807) is 0 Å². The Morgan fingerprint density at radius 3 is 2.33 bits per heavy atom. The summed E-state index contributed by atoms with van der Waals surface area (Å²) in [6.07, 6.45) is 1.28. The van der Waals surface area contributed by atoms with Crippen LogP contribution in [0.1, 0.15) is 0 Å². The zero-order valence-electron chi connectivity index (χ0n) is 5.47. The van der Waals surface area contributed by atoms with E-state index in [1.165, 1.54) is 20.3 Å². The molecule has 9 heavy (non-hydrogen) atoms. The van der Waals surface area contributed by atoms with Crippen LogP contribution in [0.5, 0.6) is 0 Å². The molecular weight excluding hydrogens is 120 g/mol. The van der Waals surface area contributed by atoms with Gasteiger partial charge in [0.1, 0.15) is 0 Å². The average Bonchev–Trinajstić information content (AvgIpc) is 1.87. The summed E-state index contributed by atoms with van der Waals surface area (Å²) in [6.45, 7) is 0. The molecule has 4 heteroatoms. The molecule has 0 radical (unpaired) electrons. The van der Waals surface area contributed by atoms with Crippen molar-refractivity contribution in [2.45, 2.75) is 0 Å². The highest BCUT2D eigenvalue weighted by Crippen LogP contribution is 1.84. The van der Waals surface area contributed by atoms with E-state index < -0.39 is 0 Å². The SMILES string of the molecule is COC(=N)/C=C(/N)OC. The highest BCUT2D eigenvalue weighted by molar-refractivity contribution is 5.84. The zero-order valence-corrected chi connectivity index (χ0v) is 5.47. The van der Waals surface area contributed by atoms with Crippen LogP contribution in [0.25, 0.3) is 0 Å². The quantitative estimate of drug-likeness (QED) is 0.315. The smallest absolute Gasteiger partial charge is 0.210 e. The Morgan fingerprint density at radius 2 is 2.00 bits per heavy atom. The summed E-state index contributed by atoms with van der Waals surface area (Å²) in [6, 6.07) is 0. The van der Waals surface area contributed by atoms with Gasteiger partial charge in [-0.3, -0.25) is 5.41 Å². The van der Waals surface area contributed by atoms with E-state index in [1.807, 2.05) is 0 Å². The maximum absolute atomic E-state index is 6.91.